The quantitative estimate of drug-likeness (QED) is 0.297. The summed E-state index contributed by atoms with van der Waals surface area (Å²) < 4.78 is 28.1. The second-order valence-electron chi connectivity index (χ2n) is 7.87. The predicted molar refractivity (Wildman–Crippen MR) is 131 cm³/mol. The van der Waals surface area contributed by atoms with E-state index in [2.05, 4.69) is 25.9 Å². The number of fused-ring (bicyclic) bond motifs is 1. The number of nitrogens with zero attached hydrogens (tertiary/aromatic N) is 3. The standard InChI is InChI=1S/C24H22F2N6O3S/c1-2-18(27-22(33)10-14-8-15(25)11-16(26)9-14)23(34)28-20-12-19-24(35)30-29-21(32(19)31-20)13-36-17-6-4-3-5-7-17/h3-9,11-12,18H,2,10,13H2,1H3,(H,27,33)(H,30,35)(H,28,31,34). The Kier molecular flexibility index (Phi) is 7.74. The number of anilines is 1. The van der Waals surface area contributed by atoms with Crippen LogP contribution in [0.4, 0.5) is 14.6 Å². The van der Waals surface area contributed by atoms with E-state index in [1.165, 1.54) is 22.3 Å². The Morgan fingerprint density at radius 2 is 1.83 bits per heavy atom. The van der Waals surface area contributed by atoms with Gasteiger partial charge in [0.1, 0.15) is 23.2 Å². The van der Waals surface area contributed by atoms with Gasteiger partial charge in [0.05, 0.1) is 12.2 Å². The van der Waals surface area contributed by atoms with Gasteiger partial charge in [0.2, 0.25) is 11.8 Å². The minimum absolute atomic E-state index is 0.115. The number of hydrogen-bond acceptors (Lipinski definition) is 6. The summed E-state index contributed by atoms with van der Waals surface area (Å²) in [6.45, 7) is 1.70. The number of aromatic amines is 1. The van der Waals surface area contributed by atoms with Crippen molar-refractivity contribution in [3.8, 4) is 0 Å². The number of hydrogen-bond donors (Lipinski definition) is 3. The van der Waals surface area contributed by atoms with Crippen LogP contribution in [0.2, 0.25) is 0 Å². The Labute approximate surface area is 208 Å². The summed E-state index contributed by atoms with van der Waals surface area (Å²) >= 11 is 1.51. The van der Waals surface area contributed by atoms with E-state index in [1.807, 2.05) is 30.3 Å². The molecule has 0 spiro atoms. The van der Waals surface area contributed by atoms with Crippen LogP contribution in [0.25, 0.3) is 5.52 Å². The van der Waals surface area contributed by atoms with Crippen molar-refractivity contribution >= 4 is 34.9 Å². The summed E-state index contributed by atoms with van der Waals surface area (Å²) in [6, 6.07) is 13.0. The van der Waals surface area contributed by atoms with Crippen LogP contribution in [0.15, 0.2) is 64.3 Å². The Bertz CT molecular complexity index is 1440. The molecule has 9 nitrogen and oxygen atoms in total. The molecule has 2 amide bonds. The number of halogens is 2. The third kappa shape index (κ3) is 6.13. The topological polar surface area (TPSA) is 121 Å². The van der Waals surface area contributed by atoms with E-state index in [0.29, 0.717) is 17.6 Å². The summed E-state index contributed by atoms with van der Waals surface area (Å²) in [5.74, 6) is -1.70. The molecular formula is C24H22F2N6O3S. The van der Waals surface area contributed by atoms with Crippen LogP contribution in [0, 0.1) is 11.6 Å². The van der Waals surface area contributed by atoms with Crippen molar-refractivity contribution in [2.24, 2.45) is 0 Å². The second kappa shape index (κ2) is 11.1. The molecule has 2 heterocycles. The third-order valence-corrected chi connectivity index (χ3v) is 6.19. The smallest absolute Gasteiger partial charge is 0.290 e. The molecule has 0 bridgehead atoms. The molecule has 0 saturated heterocycles. The van der Waals surface area contributed by atoms with E-state index in [9.17, 15) is 23.2 Å². The van der Waals surface area contributed by atoms with Crippen LogP contribution in [-0.4, -0.2) is 37.7 Å². The van der Waals surface area contributed by atoms with E-state index in [0.717, 1.165) is 17.0 Å². The number of rotatable bonds is 9. The van der Waals surface area contributed by atoms with Crippen molar-refractivity contribution in [1.29, 1.82) is 0 Å². The Hall–Kier alpha value is -4.06. The first kappa shape index (κ1) is 25.0. The highest BCUT2D eigenvalue weighted by Crippen LogP contribution is 2.21. The molecule has 3 N–H and O–H groups in total. The minimum Gasteiger partial charge on any atom is -0.344 e. The van der Waals surface area contributed by atoms with E-state index in [4.69, 9.17) is 0 Å². The first-order valence-corrected chi connectivity index (χ1v) is 12.0. The van der Waals surface area contributed by atoms with Gasteiger partial charge < -0.3 is 10.6 Å². The monoisotopic (exact) mass is 512 g/mol. The third-order valence-electron chi connectivity index (χ3n) is 5.18. The SMILES string of the molecule is CCC(NC(=O)Cc1cc(F)cc(F)c1)C(=O)Nc1cc2c(=O)[nH]nc(CSc3ccccc3)n2n1. The molecule has 4 aromatic rings. The van der Waals surface area contributed by atoms with E-state index in [-0.39, 0.29) is 29.7 Å². The Morgan fingerprint density at radius 1 is 1.11 bits per heavy atom. The number of thioether (sulfide) groups is 1. The van der Waals surface area contributed by atoms with Gasteiger partial charge in [-0.15, -0.1) is 16.9 Å². The summed E-state index contributed by atoms with van der Waals surface area (Å²) in [5.41, 5.74) is -0.124. The van der Waals surface area contributed by atoms with Crippen molar-refractivity contribution in [3.05, 3.63) is 88.0 Å². The number of benzene rings is 2. The maximum Gasteiger partial charge on any atom is 0.290 e. The zero-order valence-electron chi connectivity index (χ0n) is 19.1. The molecule has 2 aromatic carbocycles. The Balaban J connectivity index is 1.44. The van der Waals surface area contributed by atoms with Crippen LogP contribution in [0.1, 0.15) is 24.7 Å². The van der Waals surface area contributed by atoms with Gasteiger partial charge in [-0.1, -0.05) is 25.1 Å². The summed E-state index contributed by atoms with van der Waals surface area (Å²) in [6.07, 6.45) is -0.0418. The molecule has 0 aliphatic heterocycles. The number of H-pyrrole nitrogens is 1. The molecule has 1 atom stereocenters. The maximum atomic E-state index is 13.4. The fourth-order valence-electron chi connectivity index (χ4n) is 3.49. The van der Waals surface area contributed by atoms with Gasteiger partial charge in [0, 0.05) is 17.0 Å². The molecule has 2 aromatic heterocycles. The molecule has 4 rings (SSSR count). The molecular weight excluding hydrogens is 490 g/mol. The van der Waals surface area contributed by atoms with Crippen LogP contribution in [0.5, 0.6) is 0 Å². The molecule has 186 valence electrons. The lowest BCUT2D eigenvalue weighted by molar-refractivity contribution is -0.126. The zero-order valence-corrected chi connectivity index (χ0v) is 19.9. The fourth-order valence-corrected chi connectivity index (χ4v) is 4.32. The van der Waals surface area contributed by atoms with E-state index >= 15 is 0 Å². The average molecular weight is 513 g/mol. The van der Waals surface area contributed by atoms with Crippen molar-refractivity contribution in [2.75, 3.05) is 5.32 Å². The van der Waals surface area contributed by atoms with Crippen molar-refractivity contribution in [3.63, 3.8) is 0 Å². The predicted octanol–water partition coefficient (Wildman–Crippen LogP) is 3.06. The molecule has 0 radical (unpaired) electrons. The number of amides is 2. The van der Waals surface area contributed by atoms with Gasteiger partial charge in [0.25, 0.3) is 5.56 Å². The highest BCUT2D eigenvalue weighted by Gasteiger charge is 2.21. The highest BCUT2D eigenvalue weighted by molar-refractivity contribution is 7.98. The molecule has 0 saturated carbocycles. The lowest BCUT2D eigenvalue weighted by atomic mass is 10.1. The minimum atomic E-state index is -0.926. The summed E-state index contributed by atoms with van der Waals surface area (Å²) in [5, 5.41) is 16.0. The lowest BCUT2D eigenvalue weighted by Crippen LogP contribution is -2.44. The maximum absolute atomic E-state index is 13.4. The fraction of sp³-hybridized carbons (Fsp3) is 0.208. The van der Waals surface area contributed by atoms with E-state index in [1.54, 1.807) is 6.92 Å². The van der Waals surface area contributed by atoms with Gasteiger partial charge in [-0.05, 0) is 36.2 Å². The van der Waals surface area contributed by atoms with Gasteiger partial charge in [-0.3, -0.25) is 14.4 Å². The second-order valence-corrected chi connectivity index (χ2v) is 8.92. The van der Waals surface area contributed by atoms with Gasteiger partial charge in [-0.25, -0.2) is 18.4 Å². The first-order valence-electron chi connectivity index (χ1n) is 11.0. The van der Waals surface area contributed by atoms with Crippen LogP contribution in [-0.2, 0) is 21.8 Å². The van der Waals surface area contributed by atoms with Crippen LogP contribution >= 0.6 is 11.8 Å². The molecule has 0 aliphatic rings. The van der Waals surface area contributed by atoms with E-state index < -0.39 is 35.0 Å². The van der Waals surface area contributed by atoms with Gasteiger partial charge in [-0.2, -0.15) is 5.10 Å². The molecule has 1 unspecified atom stereocenters. The number of carbonyl (C=O) groups is 2. The number of carbonyl (C=O) groups excluding carboxylic acids is 2. The molecule has 0 fully saturated rings. The van der Waals surface area contributed by atoms with Crippen molar-refractivity contribution in [2.45, 2.75) is 36.5 Å². The zero-order chi connectivity index (χ0) is 25.7. The number of nitrogens with one attached hydrogen (secondary N) is 3. The average Bonchev–Trinajstić information content (AvgIpc) is 3.26. The van der Waals surface area contributed by atoms with Crippen molar-refractivity contribution in [1.82, 2.24) is 25.1 Å². The molecule has 36 heavy (non-hydrogen) atoms. The summed E-state index contributed by atoms with van der Waals surface area (Å²) in [4.78, 5) is 38.4. The van der Waals surface area contributed by atoms with Crippen LogP contribution < -0.4 is 16.2 Å². The normalized spacial score (nSPS) is 11.9. The lowest BCUT2D eigenvalue weighted by Gasteiger charge is -2.16. The molecule has 12 heteroatoms. The largest absolute Gasteiger partial charge is 0.344 e. The first-order chi connectivity index (χ1) is 17.3. The molecule has 0 aliphatic carbocycles. The van der Waals surface area contributed by atoms with Gasteiger partial charge >= 0.3 is 0 Å². The van der Waals surface area contributed by atoms with Crippen LogP contribution in [0.3, 0.4) is 0 Å². The number of aromatic nitrogens is 4. The summed E-state index contributed by atoms with van der Waals surface area (Å²) in [7, 11) is 0. The Morgan fingerprint density at radius 3 is 2.53 bits per heavy atom. The van der Waals surface area contributed by atoms with Gasteiger partial charge in [0.15, 0.2) is 11.6 Å². The van der Waals surface area contributed by atoms with Crippen molar-refractivity contribution < 1.29 is 18.4 Å². The highest BCUT2D eigenvalue weighted by atomic mass is 32.2.